The zero-order valence-electron chi connectivity index (χ0n) is 15.9. The molecule has 0 amide bonds. The Morgan fingerprint density at radius 3 is 2.29 bits per heavy atom. The SMILES string of the molecule is COc1cccc(C2CC(C(=O)O)C3C(NNC3c3cccc(OC)c3)N2)c1. The number of benzene rings is 2. The number of hydrazine groups is 1. The van der Waals surface area contributed by atoms with Gasteiger partial charge in [0.25, 0.3) is 0 Å². The van der Waals surface area contributed by atoms with E-state index in [1.54, 1.807) is 14.2 Å². The molecule has 5 atom stereocenters. The van der Waals surface area contributed by atoms with E-state index in [0.29, 0.717) is 6.42 Å². The van der Waals surface area contributed by atoms with Crippen LogP contribution >= 0.6 is 0 Å². The van der Waals surface area contributed by atoms with Crippen molar-refractivity contribution in [2.45, 2.75) is 24.7 Å². The number of hydrogen-bond donors (Lipinski definition) is 4. The van der Waals surface area contributed by atoms with E-state index in [2.05, 4.69) is 16.2 Å². The molecule has 2 saturated heterocycles. The van der Waals surface area contributed by atoms with Crippen molar-refractivity contribution in [2.75, 3.05) is 14.2 Å². The lowest BCUT2D eigenvalue weighted by atomic mass is 9.75. The van der Waals surface area contributed by atoms with Crippen LogP contribution < -0.4 is 25.6 Å². The standard InChI is InChI=1S/C21H25N3O4/c1-27-14-7-3-5-12(9-14)17-11-16(21(25)26)18-19(23-24-20(18)22-17)13-6-4-8-15(10-13)28-2/h3-10,16-20,22-24H,11H2,1-2H3,(H,25,26). The minimum atomic E-state index is -0.775. The fraction of sp³-hybridized carbons (Fsp3) is 0.381. The number of carbonyl (C=O) groups is 1. The predicted molar refractivity (Wildman–Crippen MR) is 104 cm³/mol. The summed E-state index contributed by atoms with van der Waals surface area (Å²) in [6.07, 6.45) is 0.343. The molecule has 2 aliphatic heterocycles. The largest absolute Gasteiger partial charge is 0.497 e. The molecule has 2 aromatic rings. The molecular formula is C21H25N3O4. The number of rotatable bonds is 5. The van der Waals surface area contributed by atoms with Crippen molar-refractivity contribution in [3.8, 4) is 11.5 Å². The van der Waals surface area contributed by atoms with Crippen LogP contribution in [0, 0.1) is 11.8 Å². The zero-order chi connectivity index (χ0) is 19.7. The second kappa shape index (κ2) is 7.79. The number of piperidine rings is 1. The van der Waals surface area contributed by atoms with Gasteiger partial charge in [0.1, 0.15) is 11.5 Å². The lowest BCUT2D eigenvalue weighted by Gasteiger charge is -2.39. The highest BCUT2D eigenvalue weighted by Gasteiger charge is 2.49. The Balaban J connectivity index is 1.62. The van der Waals surface area contributed by atoms with Crippen molar-refractivity contribution in [1.82, 2.24) is 16.2 Å². The fourth-order valence-corrected chi connectivity index (χ4v) is 4.37. The van der Waals surface area contributed by atoms with Gasteiger partial charge in [-0.25, -0.2) is 10.9 Å². The third-order valence-corrected chi connectivity index (χ3v) is 5.77. The molecule has 0 bridgehead atoms. The van der Waals surface area contributed by atoms with Gasteiger partial charge in [0.05, 0.1) is 32.3 Å². The van der Waals surface area contributed by atoms with Crippen LogP contribution in [0.1, 0.15) is 29.6 Å². The van der Waals surface area contributed by atoms with Gasteiger partial charge in [-0.05, 0) is 41.8 Å². The number of carboxylic acids is 1. The summed E-state index contributed by atoms with van der Waals surface area (Å²) in [5, 5.41) is 13.6. The highest BCUT2D eigenvalue weighted by atomic mass is 16.5. The van der Waals surface area contributed by atoms with E-state index in [1.807, 2.05) is 48.5 Å². The highest BCUT2D eigenvalue weighted by molar-refractivity contribution is 5.71. The lowest BCUT2D eigenvalue weighted by Crippen LogP contribution is -2.53. The van der Waals surface area contributed by atoms with E-state index in [1.165, 1.54) is 0 Å². The van der Waals surface area contributed by atoms with Crippen LogP contribution in [0.15, 0.2) is 48.5 Å². The number of hydrogen-bond acceptors (Lipinski definition) is 6. The van der Waals surface area contributed by atoms with Gasteiger partial charge in [-0.3, -0.25) is 10.1 Å². The normalized spacial score (nSPS) is 29.1. The average molecular weight is 383 g/mol. The summed E-state index contributed by atoms with van der Waals surface area (Å²) in [5.74, 6) is 0.114. The number of fused-ring (bicyclic) bond motifs is 1. The van der Waals surface area contributed by atoms with Crippen molar-refractivity contribution < 1.29 is 19.4 Å². The monoisotopic (exact) mass is 383 g/mol. The maximum atomic E-state index is 12.2. The minimum absolute atomic E-state index is 0.0733. The number of carboxylic acid groups (broad SMARTS) is 1. The van der Waals surface area contributed by atoms with Crippen molar-refractivity contribution in [3.05, 3.63) is 59.7 Å². The predicted octanol–water partition coefficient (Wildman–Crippen LogP) is 2.23. The van der Waals surface area contributed by atoms with Crippen LogP contribution in [-0.2, 0) is 4.79 Å². The molecule has 7 heteroatoms. The number of nitrogens with one attached hydrogen (secondary N) is 3. The summed E-state index contributed by atoms with van der Waals surface area (Å²) in [7, 11) is 3.26. The maximum Gasteiger partial charge on any atom is 0.307 e. The number of ether oxygens (including phenoxy) is 2. The minimum Gasteiger partial charge on any atom is -0.497 e. The van der Waals surface area contributed by atoms with Crippen LogP contribution in [0.4, 0.5) is 0 Å². The van der Waals surface area contributed by atoms with Crippen LogP contribution in [0.5, 0.6) is 11.5 Å². The van der Waals surface area contributed by atoms with Gasteiger partial charge >= 0.3 is 5.97 Å². The Kier molecular flexibility index (Phi) is 5.21. The van der Waals surface area contributed by atoms with Crippen molar-refractivity contribution in [2.24, 2.45) is 11.8 Å². The first-order valence-electron chi connectivity index (χ1n) is 9.38. The molecule has 4 rings (SSSR count). The van der Waals surface area contributed by atoms with E-state index in [4.69, 9.17) is 9.47 Å². The first kappa shape index (κ1) is 18.7. The number of methoxy groups -OCH3 is 2. The molecule has 7 nitrogen and oxygen atoms in total. The van der Waals surface area contributed by atoms with Gasteiger partial charge < -0.3 is 14.6 Å². The summed E-state index contributed by atoms with van der Waals surface area (Å²) in [4.78, 5) is 12.2. The van der Waals surface area contributed by atoms with Crippen LogP contribution in [0.3, 0.4) is 0 Å². The summed E-state index contributed by atoms with van der Waals surface area (Å²) < 4.78 is 10.6. The molecule has 0 saturated carbocycles. The van der Waals surface area contributed by atoms with E-state index in [0.717, 1.165) is 22.6 Å². The van der Waals surface area contributed by atoms with Gasteiger partial charge in [-0.2, -0.15) is 0 Å². The van der Waals surface area contributed by atoms with Gasteiger partial charge in [0.2, 0.25) is 0 Å². The second-order valence-corrected chi connectivity index (χ2v) is 7.27. The third kappa shape index (κ3) is 3.44. The summed E-state index contributed by atoms with van der Waals surface area (Å²) >= 11 is 0. The van der Waals surface area contributed by atoms with E-state index < -0.39 is 11.9 Å². The third-order valence-electron chi connectivity index (χ3n) is 5.77. The topological polar surface area (TPSA) is 91.9 Å². The molecule has 2 heterocycles. The second-order valence-electron chi connectivity index (χ2n) is 7.27. The Labute approximate surface area is 164 Å². The summed E-state index contributed by atoms with van der Waals surface area (Å²) in [5.41, 5.74) is 8.58. The quantitative estimate of drug-likeness (QED) is 0.629. The van der Waals surface area contributed by atoms with Crippen molar-refractivity contribution in [1.29, 1.82) is 0 Å². The number of aliphatic carboxylic acids is 1. The molecule has 2 aromatic carbocycles. The molecule has 148 valence electrons. The van der Waals surface area contributed by atoms with Crippen LogP contribution in [-0.4, -0.2) is 31.5 Å². The highest BCUT2D eigenvalue weighted by Crippen LogP contribution is 2.43. The summed E-state index contributed by atoms with van der Waals surface area (Å²) in [6.45, 7) is 0. The Morgan fingerprint density at radius 1 is 1.00 bits per heavy atom. The smallest absolute Gasteiger partial charge is 0.307 e. The Morgan fingerprint density at radius 2 is 1.64 bits per heavy atom. The van der Waals surface area contributed by atoms with Gasteiger partial charge in [-0.15, -0.1) is 0 Å². The van der Waals surface area contributed by atoms with Crippen molar-refractivity contribution in [3.63, 3.8) is 0 Å². The average Bonchev–Trinajstić information content (AvgIpc) is 3.17. The van der Waals surface area contributed by atoms with Crippen molar-refractivity contribution >= 4 is 5.97 Å². The first-order valence-corrected chi connectivity index (χ1v) is 9.38. The zero-order valence-corrected chi connectivity index (χ0v) is 15.9. The molecule has 2 fully saturated rings. The van der Waals surface area contributed by atoms with Gasteiger partial charge in [0, 0.05) is 12.0 Å². The van der Waals surface area contributed by atoms with Crippen LogP contribution in [0.2, 0.25) is 0 Å². The first-order chi connectivity index (χ1) is 13.6. The molecule has 0 radical (unpaired) electrons. The Bertz CT molecular complexity index is 859. The van der Waals surface area contributed by atoms with E-state index in [-0.39, 0.29) is 24.2 Å². The van der Waals surface area contributed by atoms with Crippen LogP contribution in [0.25, 0.3) is 0 Å². The fourth-order valence-electron chi connectivity index (χ4n) is 4.37. The lowest BCUT2D eigenvalue weighted by molar-refractivity contribution is -0.146. The molecule has 0 spiro atoms. The molecule has 5 unspecified atom stereocenters. The van der Waals surface area contributed by atoms with E-state index in [9.17, 15) is 9.90 Å². The summed E-state index contributed by atoms with van der Waals surface area (Å²) in [6, 6.07) is 15.3. The molecule has 0 aliphatic carbocycles. The van der Waals surface area contributed by atoms with E-state index >= 15 is 0 Å². The molecule has 28 heavy (non-hydrogen) atoms. The van der Waals surface area contributed by atoms with Gasteiger partial charge in [-0.1, -0.05) is 24.3 Å². The van der Waals surface area contributed by atoms with Gasteiger partial charge in [0.15, 0.2) is 0 Å². The Hall–Kier alpha value is -2.61. The molecule has 4 N–H and O–H groups in total. The molecule has 2 aliphatic rings. The molecule has 0 aromatic heterocycles. The maximum absolute atomic E-state index is 12.2. The molecular weight excluding hydrogens is 358 g/mol.